The Morgan fingerprint density at radius 1 is 1.39 bits per heavy atom. The molecule has 1 heterocycles. The molecular formula is C18H28N4O. The quantitative estimate of drug-likeness (QED) is 0.824. The van der Waals surface area contributed by atoms with Gasteiger partial charge in [-0.2, -0.15) is 0 Å². The zero-order valence-corrected chi connectivity index (χ0v) is 14.6. The number of carbonyl (C=O) groups excluding carboxylic acids is 1. The first-order valence-electron chi connectivity index (χ1n) is 8.32. The van der Waals surface area contributed by atoms with Crippen molar-refractivity contribution in [2.24, 2.45) is 11.7 Å². The molecule has 5 heteroatoms. The van der Waals surface area contributed by atoms with E-state index in [-0.39, 0.29) is 11.9 Å². The first kappa shape index (κ1) is 17.5. The van der Waals surface area contributed by atoms with Gasteiger partial charge in [0.1, 0.15) is 5.82 Å². The number of nitrogens with one attached hydrogen (secondary N) is 1. The van der Waals surface area contributed by atoms with E-state index in [2.05, 4.69) is 23.8 Å². The van der Waals surface area contributed by atoms with E-state index in [1.54, 1.807) is 4.90 Å². The second-order valence-corrected chi connectivity index (χ2v) is 6.67. The van der Waals surface area contributed by atoms with Gasteiger partial charge in [0, 0.05) is 32.5 Å². The molecular weight excluding hydrogens is 288 g/mol. The van der Waals surface area contributed by atoms with Crippen LogP contribution in [-0.2, 0) is 11.2 Å². The third kappa shape index (κ3) is 4.55. The Labute approximate surface area is 138 Å². The van der Waals surface area contributed by atoms with Crippen LogP contribution in [0.15, 0.2) is 18.2 Å². The summed E-state index contributed by atoms with van der Waals surface area (Å²) in [5, 5.41) is 0. The van der Waals surface area contributed by atoms with E-state index in [1.165, 1.54) is 0 Å². The molecule has 1 aromatic carbocycles. The van der Waals surface area contributed by atoms with Crippen LogP contribution in [0, 0.1) is 12.8 Å². The van der Waals surface area contributed by atoms with Crippen LogP contribution < -0.4 is 5.73 Å². The second-order valence-electron chi connectivity index (χ2n) is 6.67. The molecule has 0 saturated heterocycles. The number of para-hydroxylation sites is 1. The summed E-state index contributed by atoms with van der Waals surface area (Å²) in [7, 11) is 1.85. The third-order valence-corrected chi connectivity index (χ3v) is 4.42. The lowest BCUT2D eigenvalue weighted by Gasteiger charge is -2.21. The van der Waals surface area contributed by atoms with Crippen LogP contribution in [0.2, 0.25) is 0 Å². The molecule has 0 aliphatic rings. The van der Waals surface area contributed by atoms with Gasteiger partial charge in [-0.1, -0.05) is 26.0 Å². The van der Waals surface area contributed by atoms with Crippen LogP contribution in [0.25, 0.3) is 11.0 Å². The number of nitrogens with zero attached hydrogens (tertiary/aromatic N) is 2. The Morgan fingerprint density at radius 2 is 2.13 bits per heavy atom. The first-order chi connectivity index (χ1) is 10.9. The minimum atomic E-state index is 0.137. The van der Waals surface area contributed by atoms with E-state index in [0.717, 1.165) is 28.8 Å². The van der Waals surface area contributed by atoms with Gasteiger partial charge < -0.3 is 15.6 Å². The van der Waals surface area contributed by atoms with E-state index >= 15 is 0 Å². The summed E-state index contributed by atoms with van der Waals surface area (Å²) in [5.41, 5.74) is 9.21. The summed E-state index contributed by atoms with van der Waals surface area (Å²) in [5.74, 6) is 1.45. The van der Waals surface area contributed by atoms with E-state index in [9.17, 15) is 4.79 Å². The Morgan fingerprint density at radius 3 is 2.78 bits per heavy atom. The molecule has 0 fully saturated rings. The molecule has 3 N–H and O–H groups in total. The number of benzene rings is 1. The Hall–Kier alpha value is -1.88. The molecule has 2 rings (SSSR count). The number of aromatic amines is 1. The lowest BCUT2D eigenvalue weighted by Crippen LogP contribution is -2.34. The molecule has 1 atom stereocenters. The third-order valence-electron chi connectivity index (χ3n) is 4.42. The highest BCUT2D eigenvalue weighted by atomic mass is 16.2. The molecule has 0 radical (unpaired) electrons. The van der Waals surface area contributed by atoms with Crippen LogP contribution in [0.5, 0.6) is 0 Å². The fraction of sp³-hybridized carbons (Fsp3) is 0.556. The van der Waals surface area contributed by atoms with Gasteiger partial charge in [-0.15, -0.1) is 0 Å². The maximum Gasteiger partial charge on any atom is 0.222 e. The SMILES string of the molecule is Cc1cccc2[nH]c(CCC(=O)N(C)CCC(N)C(C)C)nc12. The van der Waals surface area contributed by atoms with Crippen LogP contribution in [-0.4, -0.2) is 40.4 Å². The van der Waals surface area contributed by atoms with Gasteiger partial charge in [0.05, 0.1) is 11.0 Å². The van der Waals surface area contributed by atoms with Crippen LogP contribution in [0.1, 0.15) is 38.1 Å². The Bertz CT molecular complexity index is 662. The van der Waals surface area contributed by atoms with Crippen molar-refractivity contribution >= 4 is 16.9 Å². The smallest absolute Gasteiger partial charge is 0.222 e. The number of hydrogen-bond acceptors (Lipinski definition) is 3. The lowest BCUT2D eigenvalue weighted by atomic mass is 10.0. The molecule has 1 amide bonds. The van der Waals surface area contributed by atoms with Crippen LogP contribution in [0.4, 0.5) is 0 Å². The van der Waals surface area contributed by atoms with E-state index in [0.29, 0.717) is 25.3 Å². The van der Waals surface area contributed by atoms with Gasteiger partial charge in [-0.3, -0.25) is 4.79 Å². The van der Waals surface area contributed by atoms with Gasteiger partial charge in [-0.05, 0) is 30.9 Å². The number of amides is 1. The molecule has 126 valence electrons. The number of imidazole rings is 1. The van der Waals surface area contributed by atoms with Crippen molar-refractivity contribution in [3.05, 3.63) is 29.6 Å². The van der Waals surface area contributed by atoms with E-state index < -0.39 is 0 Å². The molecule has 23 heavy (non-hydrogen) atoms. The number of aryl methyl sites for hydroxylation is 2. The van der Waals surface area contributed by atoms with Gasteiger partial charge in [0.2, 0.25) is 5.91 Å². The molecule has 1 aromatic heterocycles. The molecule has 1 unspecified atom stereocenters. The number of aromatic nitrogens is 2. The van der Waals surface area contributed by atoms with Gasteiger partial charge in [0.15, 0.2) is 0 Å². The fourth-order valence-corrected chi connectivity index (χ4v) is 2.56. The van der Waals surface area contributed by atoms with Crippen LogP contribution >= 0.6 is 0 Å². The molecule has 0 bridgehead atoms. The van der Waals surface area contributed by atoms with Gasteiger partial charge in [-0.25, -0.2) is 4.98 Å². The molecule has 2 aromatic rings. The normalized spacial score (nSPS) is 12.8. The second kappa shape index (κ2) is 7.59. The predicted octanol–water partition coefficient (Wildman–Crippen LogP) is 2.64. The zero-order valence-electron chi connectivity index (χ0n) is 14.6. The number of H-pyrrole nitrogens is 1. The summed E-state index contributed by atoms with van der Waals surface area (Å²) < 4.78 is 0. The topological polar surface area (TPSA) is 75.0 Å². The zero-order chi connectivity index (χ0) is 17.0. The van der Waals surface area contributed by atoms with Crippen molar-refractivity contribution in [1.82, 2.24) is 14.9 Å². The summed E-state index contributed by atoms with van der Waals surface area (Å²) in [4.78, 5) is 21.9. The van der Waals surface area contributed by atoms with Crippen LogP contribution in [0.3, 0.4) is 0 Å². The molecule has 0 aliphatic carbocycles. The van der Waals surface area contributed by atoms with Crippen molar-refractivity contribution < 1.29 is 4.79 Å². The predicted molar refractivity (Wildman–Crippen MR) is 94.2 cm³/mol. The molecule has 0 saturated carbocycles. The van der Waals surface area contributed by atoms with Crippen molar-refractivity contribution in [1.29, 1.82) is 0 Å². The number of fused-ring (bicyclic) bond motifs is 1. The summed E-state index contributed by atoms with van der Waals surface area (Å²) in [6, 6.07) is 6.21. The fourth-order valence-electron chi connectivity index (χ4n) is 2.56. The monoisotopic (exact) mass is 316 g/mol. The minimum Gasteiger partial charge on any atom is -0.346 e. The number of carbonyl (C=O) groups is 1. The lowest BCUT2D eigenvalue weighted by molar-refractivity contribution is -0.130. The maximum atomic E-state index is 12.2. The average molecular weight is 316 g/mol. The molecule has 5 nitrogen and oxygen atoms in total. The van der Waals surface area contributed by atoms with Crippen molar-refractivity contribution in [2.75, 3.05) is 13.6 Å². The summed E-state index contributed by atoms with van der Waals surface area (Å²) >= 11 is 0. The van der Waals surface area contributed by atoms with Gasteiger partial charge in [0.25, 0.3) is 0 Å². The van der Waals surface area contributed by atoms with E-state index in [1.807, 2.05) is 32.2 Å². The maximum absolute atomic E-state index is 12.2. The Kier molecular flexibility index (Phi) is 5.77. The minimum absolute atomic E-state index is 0.137. The first-order valence-corrected chi connectivity index (χ1v) is 8.32. The average Bonchev–Trinajstić information content (AvgIpc) is 2.94. The van der Waals surface area contributed by atoms with Crippen molar-refractivity contribution in [3.8, 4) is 0 Å². The molecule has 0 aliphatic heterocycles. The molecule has 0 spiro atoms. The highest BCUT2D eigenvalue weighted by Gasteiger charge is 2.14. The Balaban J connectivity index is 1.86. The number of rotatable bonds is 7. The summed E-state index contributed by atoms with van der Waals surface area (Å²) in [6.45, 7) is 6.97. The highest BCUT2D eigenvalue weighted by molar-refractivity contribution is 5.79. The number of nitrogens with two attached hydrogens (primary N) is 1. The van der Waals surface area contributed by atoms with E-state index in [4.69, 9.17) is 5.73 Å². The largest absolute Gasteiger partial charge is 0.346 e. The van der Waals surface area contributed by atoms with Crippen molar-refractivity contribution in [2.45, 2.75) is 46.1 Å². The highest BCUT2D eigenvalue weighted by Crippen LogP contribution is 2.16. The van der Waals surface area contributed by atoms with Crippen molar-refractivity contribution in [3.63, 3.8) is 0 Å². The number of hydrogen-bond donors (Lipinski definition) is 2. The standard InChI is InChI=1S/C18H28N4O/c1-12(2)14(19)10-11-22(4)17(23)9-8-16-20-15-7-5-6-13(3)18(15)21-16/h5-7,12,14H,8-11,19H2,1-4H3,(H,20,21). The summed E-state index contributed by atoms with van der Waals surface area (Å²) in [6.07, 6.45) is 1.93. The van der Waals surface area contributed by atoms with Gasteiger partial charge >= 0.3 is 0 Å².